The van der Waals surface area contributed by atoms with Crippen molar-refractivity contribution in [2.45, 2.75) is 18.3 Å². The minimum absolute atomic E-state index is 0.160. The Morgan fingerprint density at radius 1 is 1.14 bits per heavy atom. The van der Waals surface area contributed by atoms with Crippen molar-refractivity contribution in [3.63, 3.8) is 0 Å². The molecule has 3 rings (SSSR count). The number of ether oxygens (including phenoxy) is 2. The van der Waals surface area contributed by atoms with E-state index in [-0.39, 0.29) is 23.2 Å². The molecule has 0 radical (unpaired) electrons. The van der Waals surface area contributed by atoms with Crippen LogP contribution in [-0.4, -0.2) is 31.3 Å². The molecule has 3 atom stereocenters. The van der Waals surface area contributed by atoms with Crippen LogP contribution in [0.1, 0.15) is 29.4 Å². The number of methoxy groups -OCH3 is 2. The van der Waals surface area contributed by atoms with Crippen molar-refractivity contribution < 1.29 is 24.2 Å². The van der Waals surface area contributed by atoms with Crippen LogP contribution in [0.3, 0.4) is 0 Å². The van der Waals surface area contributed by atoms with E-state index in [1.807, 2.05) is 24.3 Å². The van der Waals surface area contributed by atoms with Crippen LogP contribution in [0.2, 0.25) is 0 Å². The molecule has 1 aromatic rings. The van der Waals surface area contributed by atoms with E-state index < -0.39 is 17.9 Å². The molecule has 0 saturated carbocycles. The Balaban J connectivity index is 2.20. The maximum atomic E-state index is 12.1. The van der Waals surface area contributed by atoms with Crippen molar-refractivity contribution >= 4 is 11.9 Å². The van der Waals surface area contributed by atoms with Gasteiger partial charge >= 0.3 is 11.9 Å². The first-order chi connectivity index (χ1) is 10.1. The second-order valence-electron chi connectivity index (χ2n) is 5.32. The first-order valence-electron chi connectivity index (χ1n) is 6.78. The van der Waals surface area contributed by atoms with Gasteiger partial charge in [0.25, 0.3) is 0 Å². The van der Waals surface area contributed by atoms with E-state index in [0.717, 1.165) is 11.1 Å². The molecule has 0 spiro atoms. The Labute approximate surface area is 122 Å². The molecule has 2 aliphatic carbocycles. The zero-order valence-electron chi connectivity index (χ0n) is 11.8. The lowest BCUT2D eigenvalue weighted by Gasteiger charge is -2.28. The molecule has 0 fully saturated rings. The second kappa shape index (κ2) is 4.91. The Morgan fingerprint density at radius 3 is 2.43 bits per heavy atom. The molecule has 0 aromatic heterocycles. The number of rotatable bonds is 2. The largest absolute Gasteiger partial charge is 0.511 e. The van der Waals surface area contributed by atoms with Crippen molar-refractivity contribution in [1.82, 2.24) is 0 Å². The Morgan fingerprint density at radius 2 is 1.81 bits per heavy atom. The summed E-state index contributed by atoms with van der Waals surface area (Å²) in [7, 11) is 2.54. The molecule has 0 heterocycles. The van der Waals surface area contributed by atoms with Gasteiger partial charge in [-0.1, -0.05) is 24.3 Å². The molecule has 2 aliphatic rings. The zero-order chi connectivity index (χ0) is 15.1. The van der Waals surface area contributed by atoms with Crippen LogP contribution in [-0.2, 0) is 19.1 Å². The highest BCUT2D eigenvalue weighted by Gasteiger charge is 2.50. The number of hydrogen-bond donors (Lipinski definition) is 1. The minimum Gasteiger partial charge on any atom is -0.511 e. The fourth-order valence-corrected chi connectivity index (χ4v) is 3.56. The summed E-state index contributed by atoms with van der Waals surface area (Å²) in [6, 6.07) is 7.64. The first-order valence-corrected chi connectivity index (χ1v) is 6.78. The molecular weight excluding hydrogens is 272 g/mol. The van der Waals surface area contributed by atoms with Gasteiger partial charge in [-0.05, 0) is 17.5 Å². The molecule has 5 heteroatoms. The molecule has 110 valence electrons. The van der Waals surface area contributed by atoms with Gasteiger partial charge in [-0.25, -0.2) is 4.79 Å². The summed E-state index contributed by atoms with van der Waals surface area (Å²) in [5.74, 6) is -2.57. The predicted molar refractivity (Wildman–Crippen MR) is 73.7 cm³/mol. The van der Waals surface area contributed by atoms with Gasteiger partial charge in [0.05, 0.1) is 19.8 Å². The average Bonchev–Trinajstić information content (AvgIpc) is 2.83. The van der Waals surface area contributed by atoms with E-state index in [9.17, 15) is 14.7 Å². The smallest absolute Gasteiger partial charge is 0.337 e. The van der Waals surface area contributed by atoms with E-state index in [0.29, 0.717) is 6.42 Å². The lowest BCUT2D eigenvalue weighted by Crippen LogP contribution is -2.31. The van der Waals surface area contributed by atoms with Gasteiger partial charge in [0.15, 0.2) is 0 Å². The first kappa shape index (κ1) is 13.7. The number of benzene rings is 1. The molecule has 5 nitrogen and oxygen atoms in total. The topological polar surface area (TPSA) is 72.8 Å². The van der Waals surface area contributed by atoms with Gasteiger partial charge in [-0.15, -0.1) is 0 Å². The number of carbonyl (C=O) groups excluding carboxylic acids is 2. The Kier molecular flexibility index (Phi) is 3.20. The van der Waals surface area contributed by atoms with Gasteiger partial charge in [-0.2, -0.15) is 0 Å². The average molecular weight is 288 g/mol. The van der Waals surface area contributed by atoms with E-state index in [2.05, 4.69) is 0 Å². The number of esters is 2. The quantitative estimate of drug-likeness (QED) is 0.843. The summed E-state index contributed by atoms with van der Waals surface area (Å²) in [5.41, 5.74) is 2.14. The number of hydrogen-bond acceptors (Lipinski definition) is 5. The zero-order valence-corrected chi connectivity index (χ0v) is 11.8. The fraction of sp³-hybridized carbons (Fsp3) is 0.375. The third-order valence-corrected chi connectivity index (χ3v) is 4.44. The summed E-state index contributed by atoms with van der Waals surface area (Å²) in [4.78, 5) is 24.1. The molecule has 0 unspecified atom stereocenters. The van der Waals surface area contributed by atoms with Crippen molar-refractivity contribution in [1.29, 1.82) is 0 Å². The standard InChI is InChI=1S/C16H16O5/c1-20-15(18)12-10-7-11(9-6-4-3-5-8(9)10)13(14(12)17)16(19)21-2/h3-6,10-12,17H,7H2,1-2H3/t10-,11-,12+/m0/s1. The Hall–Kier alpha value is -2.30. The van der Waals surface area contributed by atoms with Crippen LogP contribution in [0.15, 0.2) is 35.6 Å². The summed E-state index contributed by atoms with van der Waals surface area (Å²) in [6.45, 7) is 0. The van der Waals surface area contributed by atoms with Crippen LogP contribution < -0.4 is 0 Å². The second-order valence-corrected chi connectivity index (χ2v) is 5.32. The third-order valence-electron chi connectivity index (χ3n) is 4.44. The number of fused-ring (bicyclic) bond motifs is 5. The lowest BCUT2D eigenvalue weighted by molar-refractivity contribution is -0.146. The van der Waals surface area contributed by atoms with Gasteiger partial charge in [0.2, 0.25) is 0 Å². The van der Waals surface area contributed by atoms with Crippen molar-refractivity contribution in [2.24, 2.45) is 5.92 Å². The highest BCUT2D eigenvalue weighted by molar-refractivity contribution is 5.94. The van der Waals surface area contributed by atoms with E-state index in [1.54, 1.807) is 0 Å². The van der Waals surface area contributed by atoms with Crippen molar-refractivity contribution in [2.75, 3.05) is 14.2 Å². The number of aliphatic hydroxyl groups excluding tert-OH is 1. The normalized spacial score (nSPS) is 26.3. The summed E-state index contributed by atoms with van der Waals surface area (Å²) in [6.07, 6.45) is 0.605. The van der Waals surface area contributed by atoms with E-state index >= 15 is 0 Å². The van der Waals surface area contributed by atoms with Crippen LogP contribution in [0, 0.1) is 5.92 Å². The van der Waals surface area contributed by atoms with Crippen LogP contribution in [0.5, 0.6) is 0 Å². The lowest BCUT2D eigenvalue weighted by atomic mass is 9.77. The monoisotopic (exact) mass is 288 g/mol. The maximum Gasteiger partial charge on any atom is 0.337 e. The van der Waals surface area contributed by atoms with Crippen LogP contribution >= 0.6 is 0 Å². The summed E-state index contributed by atoms with van der Waals surface area (Å²) < 4.78 is 9.58. The molecular formula is C16H16O5. The molecule has 1 N–H and O–H groups in total. The molecule has 2 bridgehead atoms. The highest BCUT2D eigenvalue weighted by Crippen LogP contribution is 2.55. The number of carbonyl (C=O) groups is 2. The molecule has 0 aliphatic heterocycles. The third kappa shape index (κ3) is 1.84. The fourth-order valence-electron chi connectivity index (χ4n) is 3.56. The van der Waals surface area contributed by atoms with Crippen LogP contribution in [0.4, 0.5) is 0 Å². The van der Waals surface area contributed by atoms with Gasteiger partial charge in [0, 0.05) is 11.8 Å². The molecule has 0 saturated heterocycles. The number of aliphatic hydroxyl groups is 1. The van der Waals surface area contributed by atoms with Crippen molar-refractivity contribution in [3.05, 3.63) is 46.7 Å². The molecule has 1 aromatic carbocycles. The van der Waals surface area contributed by atoms with Gasteiger partial charge < -0.3 is 14.6 Å². The van der Waals surface area contributed by atoms with Gasteiger partial charge in [0.1, 0.15) is 11.7 Å². The summed E-state index contributed by atoms with van der Waals surface area (Å²) in [5, 5.41) is 10.5. The van der Waals surface area contributed by atoms with E-state index in [4.69, 9.17) is 9.47 Å². The highest BCUT2D eigenvalue weighted by atomic mass is 16.5. The summed E-state index contributed by atoms with van der Waals surface area (Å²) >= 11 is 0. The molecule has 0 amide bonds. The van der Waals surface area contributed by atoms with Gasteiger partial charge in [-0.3, -0.25) is 4.79 Å². The van der Waals surface area contributed by atoms with Crippen molar-refractivity contribution in [3.8, 4) is 0 Å². The SMILES string of the molecule is COC(=O)C1=C(O)[C@H](C(=O)OC)[C@H]2C[C@H]1c1ccccc12. The maximum absolute atomic E-state index is 12.1. The van der Waals surface area contributed by atoms with Crippen LogP contribution in [0.25, 0.3) is 0 Å². The minimum atomic E-state index is -0.844. The predicted octanol–water partition coefficient (Wildman–Crippen LogP) is 2.05. The molecule has 21 heavy (non-hydrogen) atoms. The van der Waals surface area contributed by atoms with E-state index in [1.165, 1.54) is 14.2 Å². The Bertz CT molecular complexity index is 646.